The Morgan fingerprint density at radius 3 is 1.95 bits per heavy atom. The minimum Gasteiger partial charge on any atom is -0.456 e. The molecular weight excluding hydrogens is 737 g/mol. The topological polar surface area (TPSA) is 29.3 Å². The van der Waals surface area contributed by atoms with Crippen LogP contribution in [0.3, 0.4) is 0 Å². The second kappa shape index (κ2) is 13.6. The van der Waals surface area contributed by atoms with Crippen LogP contribution in [-0.4, -0.2) is 4.98 Å². The van der Waals surface area contributed by atoms with E-state index in [0.29, 0.717) is 0 Å². The number of aromatic nitrogens is 1. The first-order valence-electron chi connectivity index (χ1n) is 19.9. The van der Waals surface area contributed by atoms with Gasteiger partial charge in [0.2, 0.25) is 0 Å². The first-order valence-corrected chi connectivity index (χ1v) is 20.8. The molecule has 0 saturated carbocycles. The van der Waals surface area contributed by atoms with Gasteiger partial charge in [-0.25, -0.2) is 4.98 Å². The lowest BCUT2D eigenvalue weighted by Gasteiger charge is -2.28. The standard InChI is InChI=1S/C55H34N2OS/c1-2-12-36(13-3-1)43-15-6-8-19-51(43)57(41-27-28-48-47-16-7-9-20-52(47)58-53(48)34-41)40-25-23-37(24-26-40)42-17-10-18-44-45(42)29-30-49-46(44)31-32-50-54(49)59-55(56-50)39-22-21-35-11-4-5-14-38(35)33-39/h1-34H. The van der Waals surface area contributed by atoms with Crippen LogP contribution in [0.2, 0.25) is 0 Å². The van der Waals surface area contributed by atoms with Crippen LogP contribution >= 0.6 is 11.3 Å². The Bertz CT molecular complexity index is 3570. The molecule has 0 spiro atoms. The molecule has 0 radical (unpaired) electrons. The lowest BCUT2D eigenvalue weighted by Crippen LogP contribution is -2.11. The van der Waals surface area contributed by atoms with Crippen molar-refractivity contribution in [1.29, 1.82) is 0 Å². The Morgan fingerprint density at radius 2 is 1.03 bits per heavy atom. The summed E-state index contributed by atoms with van der Waals surface area (Å²) >= 11 is 1.78. The third kappa shape index (κ3) is 5.60. The number of hydrogen-bond donors (Lipinski definition) is 0. The zero-order valence-corrected chi connectivity index (χ0v) is 32.7. The molecule has 0 N–H and O–H groups in total. The summed E-state index contributed by atoms with van der Waals surface area (Å²) in [5.41, 5.74) is 11.8. The summed E-state index contributed by atoms with van der Waals surface area (Å²) in [6.07, 6.45) is 0. The molecule has 0 bridgehead atoms. The monoisotopic (exact) mass is 770 g/mol. The first kappa shape index (κ1) is 33.6. The van der Waals surface area contributed by atoms with E-state index in [0.717, 1.165) is 66.2 Å². The fourth-order valence-electron chi connectivity index (χ4n) is 8.86. The predicted molar refractivity (Wildman–Crippen MR) is 250 cm³/mol. The molecule has 10 aromatic carbocycles. The minimum atomic E-state index is 0.867. The molecule has 4 heteroatoms. The van der Waals surface area contributed by atoms with Gasteiger partial charge in [-0.2, -0.15) is 0 Å². The number of benzene rings is 10. The van der Waals surface area contributed by atoms with Gasteiger partial charge in [-0.15, -0.1) is 11.3 Å². The van der Waals surface area contributed by atoms with Crippen LogP contribution in [-0.2, 0) is 0 Å². The van der Waals surface area contributed by atoms with E-state index < -0.39 is 0 Å². The minimum absolute atomic E-state index is 0.867. The Labute approximate surface area is 344 Å². The van der Waals surface area contributed by atoms with E-state index in [4.69, 9.17) is 9.40 Å². The van der Waals surface area contributed by atoms with Crippen LogP contribution in [0.4, 0.5) is 17.1 Å². The average molecular weight is 771 g/mol. The van der Waals surface area contributed by atoms with E-state index >= 15 is 0 Å². The fraction of sp³-hybridized carbons (Fsp3) is 0. The molecule has 0 amide bonds. The number of rotatable bonds is 6. The molecule has 3 nitrogen and oxygen atoms in total. The van der Waals surface area contributed by atoms with Crippen LogP contribution in [0.15, 0.2) is 211 Å². The van der Waals surface area contributed by atoms with Gasteiger partial charge in [0.25, 0.3) is 0 Å². The van der Waals surface area contributed by atoms with Crippen molar-refractivity contribution in [1.82, 2.24) is 4.98 Å². The second-order valence-electron chi connectivity index (χ2n) is 15.1. The Morgan fingerprint density at radius 1 is 0.390 bits per heavy atom. The molecular formula is C55H34N2OS. The van der Waals surface area contributed by atoms with Crippen LogP contribution in [0.1, 0.15) is 0 Å². The van der Waals surface area contributed by atoms with Crippen molar-refractivity contribution in [3.63, 3.8) is 0 Å². The van der Waals surface area contributed by atoms with Gasteiger partial charge in [-0.1, -0.05) is 152 Å². The number of hydrogen-bond acceptors (Lipinski definition) is 4. The lowest BCUT2D eigenvalue weighted by atomic mass is 9.94. The third-order valence-electron chi connectivity index (χ3n) is 11.7. The molecule has 276 valence electrons. The van der Waals surface area contributed by atoms with Crippen molar-refractivity contribution in [2.75, 3.05) is 4.90 Å². The molecule has 59 heavy (non-hydrogen) atoms. The van der Waals surface area contributed by atoms with E-state index in [1.807, 2.05) is 12.1 Å². The van der Waals surface area contributed by atoms with E-state index in [1.165, 1.54) is 48.1 Å². The summed E-state index contributed by atoms with van der Waals surface area (Å²) < 4.78 is 7.63. The molecule has 12 aromatic rings. The number of anilines is 3. The zero-order valence-electron chi connectivity index (χ0n) is 31.8. The van der Waals surface area contributed by atoms with Gasteiger partial charge in [-0.3, -0.25) is 0 Å². The fourth-order valence-corrected chi connectivity index (χ4v) is 9.95. The van der Waals surface area contributed by atoms with Crippen LogP contribution in [0.5, 0.6) is 0 Å². The van der Waals surface area contributed by atoms with E-state index in [9.17, 15) is 0 Å². The van der Waals surface area contributed by atoms with Crippen molar-refractivity contribution in [3.8, 4) is 32.8 Å². The Kier molecular flexibility index (Phi) is 7.72. The van der Waals surface area contributed by atoms with Gasteiger partial charge in [0, 0.05) is 44.7 Å². The average Bonchev–Trinajstić information content (AvgIpc) is 3.91. The predicted octanol–water partition coefficient (Wildman–Crippen LogP) is 16.1. The molecule has 0 aliphatic carbocycles. The van der Waals surface area contributed by atoms with Gasteiger partial charge in [0.15, 0.2) is 0 Å². The van der Waals surface area contributed by atoms with Crippen LogP contribution in [0.25, 0.3) is 97.3 Å². The van der Waals surface area contributed by atoms with Crippen LogP contribution < -0.4 is 4.90 Å². The van der Waals surface area contributed by atoms with E-state index in [1.54, 1.807) is 11.3 Å². The summed E-state index contributed by atoms with van der Waals surface area (Å²) in [6, 6.07) is 73.9. The molecule has 0 unspecified atom stereocenters. The first-order chi connectivity index (χ1) is 29.2. The molecule has 0 atom stereocenters. The van der Waals surface area contributed by atoms with Crippen LogP contribution in [0, 0.1) is 0 Å². The summed E-state index contributed by atoms with van der Waals surface area (Å²) in [6.45, 7) is 0. The van der Waals surface area contributed by atoms with Gasteiger partial charge in [0.05, 0.1) is 15.9 Å². The van der Waals surface area contributed by atoms with E-state index in [2.05, 4.69) is 199 Å². The highest BCUT2D eigenvalue weighted by Crippen LogP contribution is 2.44. The summed E-state index contributed by atoms with van der Waals surface area (Å²) in [7, 11) is 0. The Hall–Kier alpha value is -7.53. The van der Waals surface area contributed by atoms with Gasteiger partial charge < -0.3 is 9.32 Å². The molecule has 0 fully saturated rings. The van der Waals surface area contributed by atoms with Gasteiger partial charge >= 0.3 is 0 Å². The lowest BCUT2D eigenvalue weighted by molar-refractivity contribution is 0.669. The van der Waals surface area contributed by atoms with Crippen molar-refractivity contribution in [2.45, 2.75) is 0 Å². The third-order valence-corrected chi connectivity index (χ3v) is 12.8. The zero-order chi connectivity index (χ0) is 38.9. The summed E-state index contributed by atoms with van der Waals surface area (Å²) in [5.74, 6) is 0. The highest BCUT2D eigenvalue weighted by molar-refractivity contribution is 7.22. The number of para-hydroxylation sites is 2. The smallest absolute Gasteiger partial charge is 0.137 e. The van der Waals surface area contributed by atoms with Crippen molar-refractivity contribution in [2.24, 2.45) is 0 Å². The number of furan rings is 1. The van der Waals surface area contributed by atoms with Crippen molar-refractivity contribution < 1.29 is 4.42 Å². The Balaban J connectivity index is 0.960. The highest BCUT2D eigenvalue weighted by atomic mass is 32.1. The van der Waals surface area contributed by atoms with E-state index in [-0.39, 0.29) is 0 Å². The molecule has 0 saturated heterocycles. The maximum atomic E-state index is 6.41. The summed E-state index contributed by atoms with van der Waals surface area (Å²) in [5, 5.41) is 10.7. The van der Waals surface area contributed by atoms with Crippen molar-refractivity contribution in [3.05, 3.63) is 206 Å². The number of thiazole rings is 1. The number of nitrogens with zero attached hydrogens (tertiary/aromatic N) is 2. The number of fused-ring (bicyclic) bond motifs is 9. The quantitative estimate of drug-likeness (QED) is 0.158. The molecule has 12 rings (SSSR count). The van der Waals surface area contributed by atoms with Gasteiger partial charge in [0.1, 0.15) is 16.2 Å². The normalized spacial score (nSPS) is 11.7. The molecule has 0 aliphatic rings. The largest absolute Gasteiger partial charge is 0.456 e. The maximum Gasteiger partial charge on any atom is 0.137 e. The van der Waals surface area contributed by atoms with Gasteiger partial charge in [-0.05, 0) is 92.2 Å². The second-order valence-corrected chi connectivity index (χ2v) is 16.1. The summed E-state index contributed by atoms with van der Waals surface area (Å²) in [4.78, 5) is 7.46. The maximum absolute atomic E-state index is 6.41. The molecule has 0 aliphatic heterocycles. The molecule has 2 aromatic heterocycles. The SMILES string of the molecule is c1ccc(-c2ccccc2N(c2ccc(-c3cccc4c3ccc3c4ccc4nc(-c5ccc6ccccc6c5)sc43)cc2)c2ccc3c(c2)oc2ccccc23)cc1. The highest BCUT2D eigenvalue weighted by Gasteiger charge is 2.20. The molecule has 2 heterocycles. The van der Waals surface area contributed by atoms with Crippen molar-refractivity contribution >= 4 is 92.9 Å².